The minimum absolute atomic E-state index is 0.0448. The maximum absolute atomic E-state index is 12.2. The van der Waals surface area contributed by atoms with Crippen LogP contribution in [0, 0.1) is 0 Å². The summed E-state index contributed by atoms with van der Waals surface area (Å²) >= 11 is 7.31. The molecule has 1 aromatic carbocycles. The number of carbonyl (C=O) groups excluding carboxylic acids is 1. The summed E-state index contributed by atoms with van der Waals surface area (Å²) in [6.07, 6.45) is 0. The van der Waals surface area contributed by atoms with Gasteiger partial charge in [0, 0.05) is 17.0 Å². The van der Waals surface area contributed by atoms with Crippen LogP contribution in [0.4, 0.5) is 0 Å². The molecule has 2 rings (SSSR count). The van der Waals surface area contributed by atoms with E-state index in [2.05, 4.69) is 5.32 Å². The van der Waals surface area contributed by atoms with Gasteiger partial charge in [-0.05, 0) is 25.1 Å². The third-order valence-corrected chi connectivity index (χ3v) is 4.60. The van der Waals surface area contributed by atoms with E-state index in [1.807, 2.05) is 37.3 Å². The molecule has 0 saturated carbocycles. The molecule has 0 aliphatic rings. The molecule has 1 heterocycles. The number of hydrogen-bond acceptors (Lipinski definition) is 4. The van der Waals surface area contributed by atoms with Crippen molar-refractivity contribution >= 4 is 28.8 Å². The Bertz CT molecular complexity index is 629. The monoisotopic (exact) mass is 339 g/mol. The van der Waals surface area contributed by atoms with Crippen LogP contribution in [0.1, 0.15) is 23.3 Å². The second-order valence-corrected chi connectivity index (χ2v) is 6.51. The number of thiophene rings is 1. The quantitative estimate of drug-likeness (QED) is 0.814. The van der Waals surface area contributed by atoms with Crippen LogP contribution in [0.25, 0.3) is 0 Å². The summed E-state index contributed by atoms with van der Waals surface area (Å²) in [6, 6.07) is 11.1. The molecule has 0 fully saturated rings. The van der Waals surface area contributed by atoms with Crippen molar-refractivity contribution in [3.8, 4) is 5.75 Å². The van der Waals surface area contributed by atoms with Gasteiger partial charge >= 0.3 is 0 Å². The Hall–Kier alpha value is -1.56. The molecular formula is C16H18ClNO3S. The van der Waals surface area contributed by atoms with E-state index in [-0.39, 0.29) is 25.0 Å². The molecule has 0 aliphatic heterocycles. The van der Waals surface area contributed by atoms with Crippen molar-refractivity contribution in [2.24, 2.45) is 0 Å². The maximum atomic E-state index is 12.2. The van der Waals surface area contributed by atoms with E-state index in [0.717, 1.165) is 10.4 Å². The lowest BCUT2D eigenvalue weighted by atomic mass is 10.1. The molecular weight excluding hydrogens is 322 g/mol. The number of nitrogens with one attached hydrogen (secondary N) is 1. The highest BCUT2D eigenvalue weighted by molar-refractivity contribution is 7.16. The highest BCUT2D eigenvalue weighted by Gasteiger charge is 2.17. The molecule has 1 amide bonds. The highest BCUT2D eigenvalue weighted by Crippen LogP contribution is 2.28. The molecule has 0 aliphatic carbocycles. The van der Waals surface area contributed by atoms with Gasteiger partial charge in [0.25, 0.3) is 0 Å². The van der Waals surface area contributed by atoms with Crippen LogP contribution in [-0.4, -0.2) is 24.2 Å². The standard InChI is InChI=1S/C16H18ClNO3S/c1-11(14-6-7-15(17)22-14)16(20)18-10-12-4-2-3-5-13(12)21-9-8-19/h2-7,11,19H,8-10H2,1H3,(H,18,20)/t11-/m0/s1. The molecule has 2 aromatic rings. The van der Waals surface area contributed by atoms with Crippen molar-refractivity contribution in [2.45, 2.75) is 19.4 Å². The van der Waals surface area contributed by atoms with Crippen molar-refractivity contribution in [1.29, 1.82) is 0 Å². The molecule has 0 saturated heterocycles. The summed E-state index contributed by atoms with van der Waals surface area (Å²) < 4.78 is 6.13. The third-order valence-electron chi connectivity index (χ3n) is 3.19. The van der Waals surface area contributed by atoms with E-state index < -0.39 is 0 Å². The van der Waals surface area contributed by atoms with Gasteiger partial charge in [-0.3, -0.25) is 4.79 Å². The van der Waals surface area contributed by atoms with Crippen LogP contribution in [-0.2, 0) is 11.3 Å². The zero-order chi connectivity index (χ0) is 15.9. The van der Waals surface area contributed by atoms with Gasteiger partial charge < -0.3 is 15.2 Å². The van der Waals surface area contributed by atoms with E-state index in [1.54, 1.807) is 6.07 Å². The Morgan fingerprint density at radius 3 is 2.82 bits per heavy atom. The largest absolute Gasteiger partial charge is 0.491 e. The number of ether oxygens (including phenoxy) is 1. The zero-order valence-electron chi connectivity index (χ0n) is 12.2. The number of carbonyl (C=O) groups is 1. The fourth-order valence-electron chi connectivity index (χ4n) is 1.97. The Labute approximate surface area is 138 Å². The number of aliphatic hydroxyl groups is 1. The van der Waals surface area contributed by atoms with Crippen LogP contribution < -0.4 is 10.1 Å². The highest BCUT2D eigenvalue weighted by atomic mass is 35.5. The average Bonchev–Trinajstić information content (AvgIpc) is 2.97. The molecule has 4 nitrogen and oxygen atoms in total. The van der Waals surface area contributed by atoms with E-state index >= 15 is 0 Å². The molecule has 0 bridgehead atoms. The summed E-state index contributed by atoms with van der Waals surface area (Å²) in [4.78, 5) is 13.2. The number of amides is 1. The summed E-state index contributed by atoms with van der Waals surface area (Å²) in [7, 11) is 0. The summed E-state index contributed by atoms with van der Waals surface area (Å²) in [5, 5.41) is 11.7. The van der Waals surface area contributed by atoms with Crippen LogP contribution in [0.2, 0.25) is 4.34 Å². The molecule has 118 valence electrons. The van der Waals surface area contributed by atoms with Gasteiger partial charge in [-0.15, -0.1) is 11.3 Å². The number of rotatable bonds is 7. The van der Waals surface area contributed by atoms with Gasteiger partial charge in [-0.1, -0.05) is 29.8 Å². The normalized spacial score (nSPS) is 12.0. The van der Waals surface area contributed by atoms with E-state index in [1.165, 1.54) is 11.3 Å². The Morgan fingerprint density at radius 2 is 2.14 bits per heavy atom. The zero-order valence-corrected chi connectivity index (χ0v) is 13.8. The van der Waals surface area contributed by atoms with Crippen LogP contribution in [0.3, 0.4) is 0 Å². The first-order valence-corrected chi connectivity index (χ1v) is 8.15. The fraction of sp³-hybridized carbons (Fsp3) is 0.312. The van der Waals surface area contributed by atoms with Gasteiger partial charge in [0.1, 0.15) is 12.4 Å². The van der Waals surface area contributed by atoms with Gasteiger partial charge in [-0.2, -0.15) is 0 Å². The van der Waals surface area contributed by atoms with E-state index in [9.17, 15) is 4.79 Å². The fourth-order valence-corrected chi connectivity index (χ4v) is 3.08. The van der Waals surface area contributed by atoms with E-state index in [0.29, 0.717) is 16.6 Å². The lowest BCUT2D eigenvalue weighted by Crippen LogP contribution is -2.27. The number of benzene rings is 1. The van der Waals surface area contributed by atoms with Gasteiger partial charge in [0.15, 0.2) is 0 Å². The second kappa shape index (κ2) is 8.17. The lowest BCUT2D eigenvalue weighted by Gasteiger charge is -2.13. The minimum atomic E-state index is -0.247. The van der Waals surface area contributed by atoms with E-state index in [4.69, 9.17) is 21.4 Å². The van der Waals surface area contributed by atoms with Crippen LogP contribution >= 0.6 is 22.9 Å². The number of halogens is 1. The van der Waals surface area contributed by atoms with Crippen molar-refractivity contribution in [1.82, 2.24) is 5.32 Å². The first kappa shape index (κ1) is 16.8. The van der Waals surface area contributed by atoms with Crippen molar-refractivity contribution in [3.05, 3.63) is 51.2 Å². The average molecular weight is 340 g/mol. The lowest BCUT2D eigenvalue weighted by molar-refractivity contribution is -0.122. The SMILES string of the molecule is C[C@H](C(=O)NCc1ccccc1OCCO)c1ccc(Cl)s1. The third kappa shape index (κ3) is 4.47. The molecule has 1 aromatic heterocycles. The summed E-state index contributed by atoms with van der Waals surface area (Å²) in [5.74, 6) is 0.363. The van der Waals surface area contributed by atoms with Crippen LogP contribution in [0.5, 0.6) is 5.75 Å². The first-order chi connectivity index (χ1) is 10.6. The topological polar surface area (TPSA) is 58.6 Å². The number of hydrogen-bond donors (Lipinski definition) is 2. The van der Waals surface area contributed by atoms with Crippen molar-refractivity contribution in [3.63, 3.8) is 0 Å². The second-order valence-electron chi connectivity index (χ2n) is 4.76. The first-order valence-electron chi connectivity index (χ1n) is 6.96. The maximum Gasteiger partial charge on any atom is 0.228 e. The smallest absolute Gasteiger partial charge is 0.228 e. The molecule has 0 unspecified atom stereocenters. The van der Waals surface area contributed by atoms with Gasteiger partial charge in [0.05, 0.1) is 16.9 Å². The predicted molar refractivity (Wildman–Crippen MR) is 88.6 cm³/mol. The molecule has 0 spiro atoms. The van der Waals surface area contributed by atoms with Crippen molar-refractivity contribution < 1.29 is 14.6 Å². The van der Waals surface area contributed by atoms with Crippen LogP contribution in [0.15, 0.2) is 36.4 Å². The Balaban J connectivity index is 1.96. The molecule has 1 atom stereocenters. The predicted octanol–water partition coefficient (Wildman–Crippen LogP) is 3.19. The van der Waals surface area contributed by atoms with Crippen molar-refractivity contribution in [2.75, 3.05) is 13.2 Å². The summed E-state index contributed by atoms with van der Waals surface area (Å²) in [6.45, 7) is 2.42. The Morgan fingerprint density at radius 1 is 1.36 bits per heavy atom. The van der Waals surface area contributed by atoms with Gasteiger partial charge in [0.2, 0.25) is 5.91 Å². The number of para-hydroxylation sites is 1. The molecule has 2 N–H and O–H groups in total. The minimum Gasteiger partial charge on any atom is -0.491 e. The molecule has 22 heavy (non-hydrogen) atoms. The summed E-state index contributed by atoms with van der Waals surface area (Å²) in [5.41, 5.74) is 0.876. The molecule has 6 heteroatoms. The molecule has 0 radical (unpaired) electrons. The number of aliphatic hydroxyl groups excluding tert-OH is 1. The Kier molecular flexibility index (Phi) is 6.24. The van der Waals surface area contributed by atoms with Gasteiger partial charge in [-0.25, -0.2) is 0 Å².